The van der Waals surface area contributed by atoms with Gasteiger partial charge in [-0.1, -0.05) is 6.07 Å². The molecule has 0 amide bonds. The Labute approximate surface area is 82.4 Å². The summed E-state index contributed by atoms with van der Waals surface area (Å²) in [5, 5.41) is 0. The summed E-state index contributed by atoms with van der Waals surface area (Å²) >= 11 is 0. The minimum absolute atomic E-state index is 0.681. The maximum Gasteiger partial charge on any atom is 0.0414 e. The van der Waals surface area contributed by atoms with Gasteiger partial charge in [0.1, 0.15) is 0 Å². The Morgan fingerprint density at radius 3 is 2.29 bits per heavy atom. The first-order valence-electron chi connectivity index (χ1n) is 4.33. The molecule has 14 heavy (non-hydrogen) atoms. The molecule has 1 aromatic heterocycles. The minimum Gasteiger partial charge on any atom is -0.399 e. The number of pyridine rings is 1. The molecule has 0 unspecified atom stereocenters. The number of benzene rings is 1. The summed E-state index contributed by atoms with van der Waals surface area (Å²) in [7, 11) is 0. The topological polar surface area (TPSA) is 64.9 Å². The molecule has 0 aliphatic carbocycles. The van der Waals surface area contributed by atoms with E-state index in [-0.39, 0.29) is 0 Å². The van der Waals surface area contributed by atoms with Gasteiger partial charge in [-0.2, -0.15) is 0 Å². The molecule has 0 aliphatic heterocycles. The first kappa shape index (κ1) is 8.56. The Hall–Kier alpha value is -2.03. The standard InChI is InChI=1S/C11H11N3/c12-9-1-2-10(11(13)7-9)8-3-5-14-6-4-8/h1-7H,12-13H2. The lowest BCUT2D eigenvalue weighted by Gasteiger charge is -2.05. The second kappa shape index (κ2) is 3.38. The van der Waals surface area contributed by atoms with Crippen LogP contribution in [0.2, 0.25) is 0 Å². The van der Waals surface area contributed by atoms with Crippen molar-refractivity contribution in [2.45, 2.75) is 0 Å². The Kier molecular flexibility index (Phi) is 2.07. The molecule has 4 N–H and O–H groups in total. The molecule has 0 aliphatic rings. The van der Waals surface area contributed by atoms with Crippen molar-refractivity contribution >= 4 is 11.4 Å². The summed E-state index contributed by atoms with van der Waals surface area (Å²) in [4.78, 5) is 3.95. The van der Waals surface area contributed by atoms with Gasteiger partial charge in [0.15, 0.2) is 0 Å². The third-order valence-corrected chi connectivity index (χ3v) is 2.07. The number of nitrogens with zero attached hydrogens (tertiary/aromatic N) is 1. The average molecular weight is 185 g/mol. The lowest BCUT2D eigenvalue weighted by Crippen LogP contribution is -1.92. The number of nitrogen functional groups attached to an aromatic ring is 2. The van der Waals surface area contributed by atoms with Gasteiger partial charge in [0, 0.05) is 29.3 Å². The van der Waals surface area contributed by atoms with Crippen LogP contribution < -0.4 is 11.5 Å². The molecule has 0 atom stereocenters. The van der Waals surface area contributed by atoms with Gasteiger partial charge in [-0.15, -0.1) is 0 Å². The van der Waals surface area contributed by atoms with Crippen LogP contribution in [0.15, 0.2) is 42.7 Å². The fourth-order valence-electron chi connectivity index (χ4n) is 1.38. The maximum absolute atomic E-state index is 5.85. The highest BCUT2D eigenvalue weighted by Gasteiger charge is 2.01. The monoisotopic (exact) mass is 185 g/mol. The summed E-state index contributed by atoms with van der Waals surface area (Å²) < 4.78 is 0. The molecule has 70 valence electrons. The molecular formula is C11H11N3. The van der Waals surface area contributed by atoms with Gasteiger partial charge < -0.3 is 11.5 Å². The molecule has 1 heterocycles. The van der Waals surface area contributed by atoms with E-state index in [0.29, 0.717) is 11.4 Å². The van der Waals surface area contributed by atoms with Gasteiger partial charge in [-0.3, -0.25) is 4.98 Å². The molecule has 0 saturated heterocycles. The Morgan fingerprint density at radius 1 is 0.929 bits per heavy atom. The van der Waals surface area contributed by atoms with Crippen LogP contribution >= 0.6 is 0 Å². The van der Waals surface area contributed by atoms with Crippen molar-refractivity contribution < 1.29 is 0 Å². The van der Waals surface area contributed by atoms with E-state index < -0.39 is 0 Å². The number of hydrogen-bond donors (Lipinski definition) is 2. The Morgan fingerprint density at radius 2 is 1.64 bits per heavy atom. The number of rotatable bonds is 1. The van der Waals surface area contributed by atoms with Crippen molar-refractivity contribution in [2.24, 2.45) is 0 Å². The molecule has 2 rings (SSSR count). The first-order chi connectivity index (χ1) is 6.77. The highest BCUT2D eigenvalue weighted by atomic mass is 14.6. The van der Waals surface area contributed by atoms with Crippen molar-refractivity contribution in [1.82, 2.24) is 4.98 Å². The zero-order valence-corrected chi connectivity index (χ0v) is 7.64. The van der Waals surface area contributed by atoms with Crippen molar-refractivity contribution in [1.29, 1.82) is 0 Å². The summed E-state index contributed by atoms with van der Waals surface area (Å²) in [5.41, 5.74) is 14.9. The highest BCUT2D eigenvalue weighted by Crippen LogP contribution is 2.26. The molecule has 2 aromatic rings. The van der Waals surface area contributed by atoms with E-state index in [9.17, 15) is 0 Å². The third-order valence-electron chi connectivity index (χ3n) is 2.07. The van der Waals surface area contributed by atoms with Crippen LogP contribution in [0.4, 0.5) is 11.4 Å². The molecule has 0 radical (unpaired) electrons. The normalized spacial score (nSPS) is 10.0. The quantitative estimate of drug-likeness (QED) is 0.667. The third kappa shape index (κ3) is 1.52. The first-order valence-corrected chi connectivity index (χ1v) is 4.33. The van der Waals surface area contributed by atoms with E-state index in [1.54, 1.807) is 18.5 Å². The van der Waals surface area contributed by atoms with Crippen molar-refractivity contribution in [3.63, 3.8) is 0 Å². The van der Waals surface area contributed by atoms with Gasteiger partial charge in [0.2, 0.25) is 0 Å². The Balaban J connectivity index is 2.53. The van der Waals surface area contributed by atoms with Gasteiger partial charge in [0.25, 0.3) is 0 Å². The SMILES string of the molecule is Nc1ccc(-c2ccncc2)c(N)c1. The van der Waals surface area contributed by atoms with Crippen molar-refractivity contribution in [3.05, 3.63) is 42.7 Å². The minimum atomic E-state index is 0.681. The maximum atomic E-state index is 5.85. The summed E-state index contributed by atoms with van der Waals surface area (Å²) in [6.45, 7) is 0. The molecule has 3 heteroatoms. The van der Waals surface area contributed by atoms with Gasteiger partial charge in [0.05, 0.1) is 0 Å². The number of nitrogens with two attached hydrogens (primary N) is 2. The molecule has 3 nitrogen and oxygen atoms in total. The van der Waals surface area contributed by atoms with E-state index in [0.717, 1.165) is 11.1 Å². The molecule has 1 aromatic carbocycles. The lowest BCUT2D eigenvalue weighted by atomic mass is 10.0. The predicted molar refractivity (Wildman–Crippen MR) is 58.5 cm³/mol. The van der Waals surface area contributed by atoms with Crippen LogP contribution in [0.1, 0.15) is 0 Å². The lowest BCUT2D eigenvalue weighted by molar-refractivity contribution is 1.33. The van der Waals surface area contributed by atoms with Crippen LogP contribution in [0.25, 0.3) is 11.1 Å². The molecule has 0 spiro atoms. The number of aromatic nitrogens is 1. The van der Waals surface area contributed by atoms with E-state index in [1.807, 2.05) is 24.3 Å². The summed E-state index contributed by atoms with van der Waals surface area (Å²) in [5.74, 6) is 0. The predicted octanol–water partition coefficient (Wildman–Crippen LogP) is 1.91. The van der Waals surface area contributed by atoms with E-state index >= 15 is 0 Å². The largest absolute Gasteiger partial charge is 0.399 e. The van der Waals surface area contributed by atoms with Crippen LogP contribution in [0, 0.1) is 0 Å². The van der Waals surface area contributed by atoms with Crippen molar-refractivity contribution in [3.8, 4) is 11.1 Å². The van der Waals surface area contributed by atoms with Gasteiger partial charge >= 0.3 is 0 Å². The molecule has 0 saturated carbocycles. The fourth-order valence-corrected chi connectivity index (χ4v) is 1.38. The zero-order valence-electron chi connectivity index (χ0n) is 7.64. The van der Waals surface area contributed by atoms with Crippen LogP contribution in [0.3, 0.4) is 0 Å². The molecular weight excluding hydrogens is 174 g/mol. The summed E-state index contributed by atoms with van der Waals surface area (Å²) in [6.07, 6.45) is 3.48. The second-order valence-corrected chi connectivity index (χ2v) is 3.08. The van der Waals surface area contributed by atoms with Crippen molar-refractivity contribution in [2.75, 3.05) is 11.5 Å². The number of hydrogen-bond acceptors (Lipinski definition) is 3. The number of anilines is 2. The smallest absolute Gasteiger partial charge is 0.0414 e. The van der Waals surface area contributed by atoms with Crippen LogP contribution in [-0.2, 0) is 0 Å². The summed E-state index contributed by atoms with van der Waals surface area (Å²) in [6, 6.07) is 9.35. The second-order valence-electron chi connectivity index (χ2n) is 3.08. The fraction of sp³-hybridized carbons (Fsp3) is 0. The zero-order chi connectivity index (χ0) is 9.97. The molecule has 0 fully saturated rings. The van der Waals surface area contributed by atoms with Gasteiger partial charge in [-0.25, -0.2) is 0 Å². The molecule has 0 bridgehead atoms. The van der Waals surface area contributed by atoms with Crippen LogP contribution in [0.5, 0.6) is 0 Å². The average Bonchev–Trinajstić information content (AvgIpc) is 2.19. The van der Waals surface area contributed by atoms with Gasteiger partial charge in [-0.05, 0) is 29.8 Å². The van der Waals surface area contributed by atoms with E-state index in [2.05, 4.69) is 4.98 Å². The van der Waals surface area contributed by atoms with E-state index in [4.69, 9.17) is 11.5 Å². The van der Waals surface area contributed by atoms with Crippen LogP contribution in [-0.4, -0.2) is 4.98 Å². The van der Waals surface area contributed by atoms with E-state index in [1.165, 1.54) is 0 Å². The highest BCUT2D eigenvalue weighted by molar-refractivity contribution is 5.78. The Bertz CT molecular complexity index is 438.